The molecule has 0 bridgehead atoms. The van der Waals surface area contributed by atoms with Crippen LogP contribution in [0.2, 0.25) is 0 Å². The predicted molar refractivity (Wildman–Crippen MR) is 111 cm³/mol. The van der Waals surface area contributed by atoms with Gasteiger partial charge in [0.1, 0.15) is 11.6 Å². The van der Waals surface area contributed by atoms with Crippen LogP contribution in [0.1, 0.15) is 41.4 Å². The fourth-order valence-electron chi connectivity index (χ4n) is 3.87. The fourth-order valence-corrected chi connectivity index (χ4v) is 3.87. The number of allylic oxidation sites excluding steroid dienone is 1. The lowest BCUT2D eigenvalue weighted by Gasteiger charge is -2.31. The Hall–Kier alpha value is -3.69. The van der Waals surface area contributed by atoms with Crippen LogP contribution in [0, 0.1) is 11.6 Å². The Kier molecular flexibility index (Phi) is 5.92. The average Bonchev–Trinajstić information content (AvgIpc) is 3.25. The Bertz CT molecular complexity index is 1230. The zero-order valence-electron chi connectivity index (χ0n) is 17.5. The first-order valence-corrected chi connectivity index (χ1v) is 10.0. The molecular weight excluding hydrogens is 442 g/mol. The second-order valence-corrected chi connectivity index (χ2v) is 7.71. The van der Waals surface area contributed by atoms with Gasteiger partial charge in [0.15, 0.2) is 0 Å². The van der Waals surface area contributed by atoms with Gasteiger partial charge < -0.3 is 14.6 Å². The monoisotopic (exact) mass is 461 g/mol. The number of ether oxygens (including phenoxy) is 1. The summed E-state index contributed by atoms with van der Waals surface area (Å²) in [7, 11) is 1.34. The van der Waals surface area contributed by atoms with E-state index in [0.29, 0.717) is 0 Å². The molecule has 0 radical (unpaired) electrons. The number of alkyl halides is 2. The lowest BCUT2D eigenvalue weighted by Crippen LogP contribution is -2.27. The summed E-state index contributed by atoms with van der Waals surface area (Å²) in [5.74, 6) is -5.85. The third kappa shape index (κ3) is 4.59. The zero-order chi connectivity index (χ0) is 23.8. The Morgan fingerprint density at radius 1 is 1.24 bits per heavy atom. The number of aromatic nitrogens is 2. The molecular formula is C23H19F4N3O3. The number of methoxy groups -OCH3 is 1. The largest absolute Gasteiger partial charge is 0.479 e. The summed E-state index contributed by atoms with van der Waals surface area (Å²) >= 11 is 0. The van der Waals surface area contributed by atoms with Crippen molar-refractivity contribution in [2.75, 3.05) is 12.4 Å². The van der Waals surface area contributed by atoms with Gasteiger partial charge >= 0.3 is 0 Å². The van der Waals surface area contributed by atoms with E-state index in [2.05, 4.69) is 22.0 Å². The molecule has 2 aromatic heterocycles. The molecule has 1 fully saturated rings. The van der Waals surface area contributed by atoms with Crippen molar-refractivity contribution < 1.29 is 31.6 Å². The van der Waals surface area contributed by atoms with Gasteiger partial charge in [-0.15, -0.1) is 0 Å². The third-order valence-electron chi connectivity index (χ3n) is 5.47. The van der Waals surface area contributed by atoms with Crippen LogP contribution in [-0.2, 0) is 0 Å². The Morgan fingerprint density at radius 2 is 2.03 bits per heavy atom. The maximum atomic E-state index is 14.6. The van der Waals surface area contributed by atoms with Gasteiger partial charge in [0.25, 0.3) is 17.7 Å². The molecule has 172 valence electrons. The molecule has 33 heavy (non-hydrogen) atoms. The summed E-state index contributed by atoms with van der Waals surface area (Å²) in [6.45, 7) is 3.78. The van der Waals surface area contributed by atoms with Gasteiger partial charge in [-0.2, -0.15) is 0 Å². The molecule has 1 aliphatic rings. The van der Waals surface area contributed by atoms with Crippen molar-refractivity contribution in [3.63, 3.8) is 0 Å². The minimum Gasteiger partial charge on any atom is -0.479 e. The summed E-state index contributed by atoms with van der Waals surface area (Å²) in [4.78, 5) is 17.2. The number of hydrogen-bond acceptors (Lipinski definition) is 5. The molecule has 1 amide bonds. The number of pyridine rings is 1. The summed E-state index contributed by atoms with van der Waals surface area (Å²) in [6.07, 6.45) is 0.434. The summed E-state index contributed by atoms with van der Waals surface area (Å²) in [5, 5.41) is 6.17. The summed E-state index contributed by atoms with van der Waals surface area (Å²) in [5.41, 5.74) is 0.487. The minimum absolute atomic E-state index is 0.0208. The number of hydrogen-bond donors (Lipinski definition) is 1. The van der Waals surface area contributed by atoms with Crippen LogP contribution in [0.3, 0.4) is 0 Å². The van der Waals surface area contributed by atoms with E-state index in [0.717, 1.165) is 18.2 Å². The van der Waals surface area contributed by atoms with E-state index < -0.39 is 42.2 Å². The molecule has 1 aromatic carbocycles. The molecule has 0 spiro atoms. The molecule has 6 nitrogen and oxygen atoms in total. The van der Waals surface area contributed by atoms with Crippen LogP contribution in [0.15, 0.2) is 53.2 Å². The fraction of sp³-hybridized carbons (Fsp3) is 0.261. The van der Waals surface area contributed by atoms with Crippen molar-refractivity contribution in [2.45, 2.75) is 31.1 Å². The minimum atomic E-state index is -2.89. The highest BCUT2D eigenvalue weighted by molar-refractivity contribution is 6.05. The first kappa shape index (κ1) is 22.5. The Morgan fingerprint density at radius 3 is 2.73 bits per heavy atom. The number of nitrogens with one attached hydrogen (secondary N) is 1. The summed E-state index contributed by atoms with van der Waals surface area (Å²) in [6, 6.07) is 5.54. The van der Waals surface area contributed by atoms with E-state index in [9.17, 15) is 22.4 Å². The number of carbonyl (C=O) groups excluding carboxylic acids is 1. The molecule has 1 unspecified atom stereocenters. The van der Waals surface area contributed by atoms with E-state index in [1.807, 2.05) is 0 Å². The third-order valence-corrected chi connectivity index (χ3v) is 5.47. The van der Waals surface area contributed by atoms with Gasteiger partial charge in [-0.05, 0) is 35.8 Å². The van der Waals surface area contributed by atoms with Crippen molar-refractivity contribution in [2.24, 2.45) is 0 Å². The van der Waals surface area contributed by atoms with Crippen LogP contribution in [-0.4, -0.2) is 29.1 Å². The summed E-state index contributed by atoms with van der Waals surface area (Å²) < 4.78 is 66.2. The highest BCUT2D eigenvalue weighted by atomic mass is 19.3. The molecule has 2 heterocycles. The van der Waals surface area contributed by atoms with Crippen LogP contribution in [0.5, 0.6) is 5.88 Å². The van der Waals surface area contributed by atoms with Gasteiger partial charge in [0.05, 0.1) is 24.6 Å². The maximum Gasteiger partial charge on any atom is 0.294 e. The van der Waals surface area contributed by atoms with Gasteiger partial charge in [-0.3, -0.25) is 9.78 Å². The lowest BCUT2D eigenvalue weighted by molar-refractivity contribution is -0.0216. The number of rotatable bonds is 5. The standard InChI is InChI=1S/C23H19F4N3O3/c1-12-11-23(26,27)7-5-14(12)20-21(29-22(31)18-10-19(32-2)30-33-18)15(6-8-28-20)16-9-13(24)3-4-17(16)25/h3-4,6,8-10,14H,1,5,7,11H2,2H3,(H,29,31). The van der Waals surface area contributed by atoms with Crippen molar-refractivity contribution in [1.82, 2.24) is 10.1 Å². The number of carbonyl (C=O) groups is 1. The number of amides is 1. The Labute approximate surface area is 186 Å². The number of halogens is 4. The van der Waals surface area contributed by atoms with Crippen molar-refractivity contribution >= 4 is 11.6 Å². The number of nitrogens with zero attached hydrogens (tertiary/aromatic N) is 2. The number of anilines is 1. The van der Waals surface area contributed by atoms with Crippen molar-refractivity contribution in [3.05, 3.63) is 71.8 Å². The van der Waals surface area contributed by atoms with Crippen LogP contribution in [0.4, 0.5) is 23.2 Å². The van der Waals surface area contributed by atoms with Gasteiger partial charge in [-0.25, -0.2) is 17.6 Å². The van der Waals surface area contributed by atoms with Crippen molar-refractivity contribution in [3.8, 4) is 17.0 Å². The Balaban J connectivity index is 1.82. The van der Waals surface area contributed by atoms with E-state index in [4.69, 9.17) is 9.26 Å². The molecule has 1 aliphatic carbocycles. The van der Waals surface area contributed by atoms with Crippen LogP contribution in [0.25, 0.3) is 11.1 Å². The molecule has 0 aliphatic heterocycles. The molecule has 4 rings (SSSR count). The molecule has 3 aromatic rings. The first-order chi connectivity index (χ1) is 15.7. The van der Waals surface area contributed by atoms with E-state index in [-0.39, 0.29) is 46.1 Å². The average molecular weight is 461 g/mol. The SMILES string of the molecule is C=C1CC(F)(F)CCC1c1nccc(-c2cc(F)ccc2F)c1NC(=O)c1cc(OC)no1. The lowest BCUT2D eigenvalue weighted by atomic mass is 9.79. The number of benzene rings is 1. The van der Waals surface area contributed by atoms with E-state index in [1.165, 1.54) is 25.4 Å². The van der Waals surface area contributed by atoms with Gasteiger partial charge in [0.2, 0.25) is 5.76 Å². The molecule has 1 saturated carbocycles. The molecule has 0 saturated heterocycles. The second-order valence-electron chi connectivity index (χ2n) is 7.71. The maximum absolute atomic E-state index is 14.6. The molecule has 10 heteroatoms. The van der Waals surface area contributed by atoms with Crippen molar-refractivity contribution in [1.29, 1.82) is 0 Å². The first-order valence-electron chi connectivity index (χ1n) is 10.0. The predicted octanol–water partition coefficient (Wildman–Crippen LogP) is 5.73. The highest BCUT2D eigenvalue weighted by Gasteiger charge is 2.39. The van der Waals surface area contributed by atoms with Crippen LogP contribution < -0.4 is 10.1 Å². The zero-order valence-corrected chi connectivity index (χ0v) is 17.5. The van der Waals surface area contributed by atoms with E-state index >= 15 is 0 Å². The van der Waals surface area contributed by atoms with Gasteiger partial charge in [-0.1, -0.05) is 12.2 Å². The molecule has 1 N–H and O–H groups in total. The van der Waals surface area contributed by atoms with Gasteiger partial charge in [0, 0.05) is 36.1 Å². The topological polar surface area (TPSA) is 77.2 Å². The second kappa shape index (κ2) is 8.68. The van der Waals surface area contributed by atoms with E-state index in [1.54, 1.807) is 0 Å². The smallest absolute Gasteiger partial charge is 0.294 e. The quantitative estimate of drug-likeness (QED) is 0.388. The van der Waals surface area contributed by atoms with Crippen LogP contribution >= 0.6 is 0 Å². The normalized spacial score (nSPS) is 17.6. The molecule has 1 atom stereocenters. The highest BCUT2D eigenvalue weighted by Crippen LogP contribution is 2.46.